The van der Waals surface area contributed by atoms with Crippen LogP contribution in [0.5, 0.6) is 0 Å². The van der Waals surface area contributed by atoms with Gasteiger partial charge in [0.05, 0.1) is 6.04 Å². The molecular formula is C19H27ClN2O. The Hall–Kier alpha value is -1.58. The topological polar surface area (TPSA) is 55.1 Å². The van der Waals surface area contributed by atoms with Gasteiger partial charge in [-0.2, -0.15) is 0 Å². The zero-order valence-electron chi connectivity index (χ0n) is 13.8. The lowest BCUT2D eigenvalue weighted by Gasteiger charge is -2.15. The number of unbranched alkanes of at least 4 members (excludes halogenated alkanes) is 3. The third kappa shape index (κ3) is 6.20. The smallest absolute Gasteiger partial charge is 0.220 e. The van der Waals surface area contributed by atoms with Crippen molar-refractivity contribution in [2.24, 2.45) is 5.73 Å². The predicted octanol–water partition coefficient (Wildman–Crippen LogP) is 4.35. The summed E-state index contributed by atoms with van der Waals surface area (Å²) >= 11 is 0. The lowest BCUT2D eigenvalue weighted by Crippen LogP contribution is -2.26. The van der Waals surface area contributed by atoms with Gasteiger partial charge in [0.2, 0.25) is 5.91 Å². The molecule has 0 saturated heterocycles. The minimum atomic E-state index is 0. The third-order valence-electron chi connectivity index (χ3n) is 4.01. The molecule has 126 valence electrons. The van der Waals surface area contributed by atoms with E-state index in [2.05, 4.69) is 35.6 Å². The highest BCUT2D eigenvalue weighted by Crippen LogP contribution is 2.20. The Labute approximate surface area is 145 Å². The van der Waals surface area contributed by atoms with E-state index < -0.39 is 0 Å². The second-order valence-corrected chi connectivity index (χ2v) is 5.85. The Morgan fingerprint density at radius 3 is 2.48 bits per heavy atom. The average molecular weight is 335 g/mol. The van der Waals surface area contributed by atoms with E-state index in [-0.39, 0.29) is 24.4 Å². The van der Waals surface area contributed by atoms with Crippen molar-refractivity contribution >= 4 is 29.1 Å². The Balaban J connectivity index is 0.00000264. The van der Waals surface area contributed by atoms with Crippen LogP contribution in [0.15, 0.2) is 42.5 Å². The van der Waals surface area contributed by atoms with E-state index in [1.807, 2.05) is 19.1 Å². The number of carbonyl (C=O) groups is 1. The van der Waals surface area contributed by atoms with Crippen LogP contribution in [0.1, 0.15) is 50.6 Å². The van der Waals surface area contributed by atoms with Crippen molar-refractivity contribution in [3.8, 4) is 0 Å². The molecule has 1 amide bonds. The van der Waals surface area contributed by atoms with Gasteiger partial charge in [-0.15, -0.1) is 12.4 Å². The van der Waals surface area contributed by atoms with Gasteiger partial charge in [0.15, 0.2) is 0 Å². The summed E-state index contributed by atoms with van der Waals surface area (Å²) < 4.78 is 0. The number of hydrogen-bond acceptors (Lipinski definition) is 2. The Morgan fingerprint density at radius 1 is 1.04 bits per heavy atom. The molecule has 2 aromatic rings. The van der Waals surface area contributed by atoms with E-state index in [0.717, 1.165) is 37.8 Å². The summed E-state index contributed by atoms with van der Waals surface area (Å²) in [6.45, 7) is 2.78. The van der Waals surface area contributed by atoms with Gasteiger partial charge in [-0.1, -0.05) is 49.2 Å². The zero-order valence-corrected chi connectivity index (χ0v) is 14.6. The zero-order chi connectivity index (χ0) is 15.8. The molecule has 0 aromatic heterocycles. The van der Waals surface area contributed by atoms with Gasteiger partial charge >= 0.3 is 0 Å². The molecule has 0 radical (unpaired) electrons. The molecule has 0 heterocycles. The number of benzene rings is 2. The van der Waals surface area contributed by atoms with Gasteiger partial charge in [0.25, 0.3) is 0 Å². The first-order chi connectivity index (χ1) is 10.7. The molecule has 2 rings (SSSR count). The van der Waals surface area contributed by atoms with Crippen molar-refractivity contribution in [2.75, 3.05) is 6.54 Å². The fourth-order valence-electron chi connectivity index (χ4n) is 2.66. The molecule has 0 aliphatic carbocycles. The van der Waals surface area contributed by atoms with Crippen LogP contribution in [0.3, 0.4) is 0 Å². The van der Waals surface area contributed by atoms with Crippen LogP contribution in [-0.2, 0) is 4.79 Å². The summed E-state index contributed by atoms with van der Waals surface area (Å²) in [6.07, 6.45) is 4.78. The number of amides is 1. The number of fused-ring (bicyclic) bond motifs is 1. The van der Waals surface area contributed by atoms with Gasteiger partial charge in [-0.3, -0.25) is 4.79 Å². The monoisotopic (exact) mass is 334 g/mol. The maximum atomic E-state index is 12.0. The maximum Gasteiger partial charge on any atom is 0.220 e. The molecule has 0 aliphatic rings. The molecule has 23 heavy (non-hydrogen) atoms. The van der Waals surface area contributed by atoms with Crippen LogP contribution in [-0.4, -0.2) is 12.5 Å². The highest BCUT2D eigenvalue weighted by Gasteiger charge is 2.09. The molecule has 1 unspecified atom stereocenters. The largest absolute Gasteiger partial charge is 0.350 e. The summed E-state index contributed by atoms with van der Waals surface area (Å²) in [5, 5.41) is 5.53. The molecule has 0 aliphatic heterocycles. The third-order valence-corrected chi connectivity index (χ3v) is 4.01. The molecule has 0 fully saturated rings. The predicted molar refractivity (Wildman–Crippen MR) is 99.9 cm³/mol. The second kappa shape index (κ2) is 10.2. The lowest BCUT2D eigenvalue weighted by molar-refractivity contribution is -0.121. The van der Waals surface area contributed by atoms with Crippen LogP contribution in [0.4, 0.5) is 0 Å². The van der Waals surface area contributed by atoms with Gasteiger partial charge < -0.3 is 11.1 Å². The highest BCUT2D eigenvalue weighted by molar-refractivity contribution is 5.85. The fourth-order valence-corrected chi connectivity index (χ4v) is 2.66. The summed E-state index contributed by atoms with van der Waals surface area (Å²) in [6, 6.07) is 14.7. The van der Waals surface area contributed by atoms with Crippen molar-refractivity contribution in [2.45, 2.75) is 45.1 Å². The van der Waals surface area contributed by atoms with E-state index in [4.69, 9.17) is 5.73 Å². The van der Waals surface area contributed by atoms with Gasteiger partial charge in [0, 0.05) is 6.42 Å². The molecule has 0 bridgehead atoms. The molecule has 2 aromatic carbocycles. The Bertz CT molecular complexity index is 615. The standard InChI is InChI=1S/C19H26N2O.ClH/c1-15(21-19(22)10-4-2-3-7-13-20)17-12-11-16-8-5-6-9-18(16)14-17;/h5-6,8-9,11-12,14-15H,2-4,7,10,13,20H2,1H3,(H,21,22);1H. The number of halogens is 1. The van der Waals surface area contributed by atoms with E-state index in [1.165, 1.54) is 10.8 Å². The molecule has 0 spiro atoms. The molecule has 3 N–H and O–H groups in total. The SMILES string of the molecule is CC(NC(=O)CCCCCCN)c1ccc2ccccc2c1.Cl. The minimum Gasteiger partial charge on any atom is -0.350 e. The van der Waals surface area contributed by atoms with Crippen molar-refractivity contribution in [1.29, 1.82) is 0 Å². The first-order valence-corrected chi connectivity index (χ1v) is 8.19. The summed E-state index contributed by atoms with van der Waals surface area (Å²) in [4.78, 5) is 12.0. The molecular weight excluding hydrogens is 308 g/mol. The average Bonchev–Trinajstić information content (AvgIpc) is 2.54. The number of carbonyl (C=O) groups excluding carboxylic acids is 1. The summed E-state index contributed by atoms with van der Waals surface area (Å²) in [7, 11) is 0. The van der Waals surface area contributed by atoms with E-state index >= 15 is 0 Å². The summed E-state index contributed by atoms with van der Waals surface area (Å²) in [5.74, 6) is 0.133. The first-order valence-electron chi connectivity index (χ1n) is 8.19. The first kappa shape index (κ1) is 19.5. The molecule has 4 heteroatoms. The van der Waals surface area contributed by atoms with Crippen LogP contribution >= 0.6 is 12.4 Å². The van der Waals surface area contributed by atoms with E-state index in [9.17, 15) is 4.79 Å². The van der Waals surface area contributed by atoms with Gasteiger partial charge in [-0.25, -0.2) is 0 Å². The minimum absolute atomic E-state index is 0. The quantitative estimate of drug-likeness (QED) is 0.705. The second-order valence-electron chi connectivity index (χ2n) is 5.85. The number of nitrogens with one attached hydrogen (secondary N) is 1. The Morgan fingerprint density at radius 2 is 1.74 bits per heavy atom. The lowest BCUT2D eigenvalue weighted by atomic mass is 10.0. The van der Waals surface area contributed by atoms with Crippen molar-refractivity contribution < 1.29 is 4.79 Å². The van der Waals surface area contributed by atoms with Crippen molar-refractivity contribution in [3.05, 3.63) is 48.0 Å². The van der Waals surface area contributed by atoms with E-state index in [0.29, 0.717) is 6.42 Å². The van der Waals surface area contributed by atoms with Crippen molar-refractivity contribution in [1.82, 2.24) is 5.32 Å². The molecule has 1 atom stereocenters. The van der Waals surface area contributed by atoms with Crippen LogP contribution in [0.2, 0.25) is 0 Å². The number of nitrogens with two attached hydrogens (primary N) is 1. The van der Waals surface area contributed by atoms with Gasteiger partial charge in [0.1, 0.15) is 0 Å². The number of hydrogen-bond donors (Lipinski definition) is 2. The van der Waals surface area contributed by atoms with Crippen LogP contribution < -0.4 is 11.1 Å². The van der Waals surface area contributed by atoms with Gasteiger partial charge in [-0.05, 0) is 48.7 Å². The summed E-state index contributed by atoms with van der Waals surface area (Å²) in [5.41, 5.74) is 6.61. The van der Waals surface area contributed by atoms with E-state index in [1.54, 1.807) is 0 Å². The molecule has 3 nitrogen and oxygen atoms in total. The fraction of sp³-hybridized carbons (Fsp3) is 0.421. The highest BCUT2D eigenvalue weighted by atomic mass is 35.5. The van der Waals surface area contributed by atoms with Crippen molar-refractivity contribution in [3.63, 3.8) is 0 Å². The maximum absolute atomic E-state index is 12.0. The molecule has 0 saturated carbocycles. The van der Waals surface area contributed by atoms with Crippen LogP contribution in [0.25, 0.3) is 10.8 Å². The van der Waals surface area contributed by atoms with Crippen LogP contribution in [0, 0.1) is 0 Å². The number of rotatable bonds is 8. The normalized spacial score (nSPS) is 11.7. The Kier molecular flexibility index (Phi) is 8.67.